The van der Waals surface area contributed by atoms with Gasteiger partial charge in [-0.25, -0.2) is 8.42 Å². The fourth-order valence-electron chi connectivity index (χ4n) is 1.46. The van der Waals surface area contributed by atoms with Crippen molar-refractivity contribution in [2.45, 2.75) is 17.7 Å². The van der Waals surface area contributed by atoms with E-state index in [-0.39, 0.29) is 18.6 Å². The zero-order chi connectivity index (χ0) is 14.3. The van der Waals surface area contributed by atoms with E-state index in [1.54, 1.807) is 12.1 Å². The van der Waals surface area contributed by atoms with Gasteiger partial charge in [0, 0.05) is 11.3 Å². The van der Waals surface area contributed by atoms with Gasteiger partial charge in [0.25, 0.3) is 0 Å². The summed E-state index contributed by atoms with van der Waals surface area (Å²) in [7, 11) is -2.16. The highest BCUT2D eigenvalue weighted by molar-refractivity contribution is 7.99. The number of benzene rings is 1. The van der Waals surface area contributed by atoms with E-state index >= 15 is 0 Å². The van der Waals surface area contributed by atoms with Crippen LogP contribution in [0.3, 0.4) is 0 Å². The molecule has 0 bridgehead atoms. The van der Waals surface area contributed by atoms with Gasteiger partial charge in [0.05, 0.1) is 18.6 Å². The first-order valence-electron chi connectivity index (χ1n) is 5.69. The number of hydrogen-bond acceptors (Lipinski definition) is 5. The summed E-state index contributed by atoms with van der Waals surface area (Å²) in [5.74, 6) is -0.509. The van der Waals surface area contributed by atoms with Gasteiger partial charge in [-0.05, 0) is 24.8 Å². The van der Waals surface area contributed by atoms with Gasteiger partial charge in [0.2, 0.25) is 10.0 Å². The zero-order valence-corrected chi connectivity index (χ0v) is 12.5. The van der Waals surface area contributed by atoms with E-state index in [9.17, 15) is 13.2 Å². The molecule has 19 heavy (non-hydrogen) atoms. The molecule has 1 rings (SSSR count). The lowest BCUT2D eigenvalue weighted by molar-refractivity contribution is -0.140. The Kier molecular flexibility index (Phi) is 6.17. The Morgan fingerprint density at radius 1 is 1.37 bits per heavy atom. The minimum absolute atomic E-state index is 0.0988. The molecule has 1 aromatic rings. The van der Waals surface area contributed by atoms with Crippen molar-refractivity contribution in [2.24, 2.45) is 0 Å². The third kappa shape index (κ3) is 5.52. The van der Waals surface area contributed by atoms with Crippen molar-refractivity contribution in [3.8, 4) is 0 Å². The van der Waals surface area contributed by atoms with Crippen molar-refractivity contribution in [3.63, 3.8) is 0 Å². The van der Waals surface area contributed by atoms with E-state index in [1.165, 1.54) is 18.9 Å². The predicted octanol–water partition coefficient (Wildman–Crippen LogP) is 2.10. The van der Waals surface area contributed by atoms with Crippen LogP contribution in [0.5, 0.6) is 0 Å². The minimum atomic E-state index is -3.44. The van der Waals surface area contributed by atoms with E-state index in [2.05, 4.69) is 9.46 Å². The third-order valence-electron chi connectivity index (χ3n) is 2.39. The van der Waals surface area contributed by atoms with Crippen LogP contribution in [0.4, 0.5) is 5.69 Å². The van der Waals surface area contributed by atoms with Crippen LogP contribution in [0, 0.1) is 0 Å². The van der Waals surface area contributed by atoms with Crippen molar-refractivity contribution in [2.75, 3.05) is 23.8 Å². The second-order valence-corrected chi connectivity index (χ2v) is 6.49. The molecule has 0 spiro atoms. The maximum absolute atomic E-state index is 11.9. The van der Waals surface area contributed by atoms with Crippen LogP contribution in [0.25, 0.3) is 0 Å². The fraction of sp³-hybridized carbons (Fsp3) is 0.417. The third-order valence-corrected chi connectivity index (χ3v) is 4.55. The Hall–Kier alpha value is -1.21. The lowest BCUT2D eigenvalue weighted by Crippen LogP contribution is -2.18. The number of esters is 1. The Balaban J connectivity index is 2.61. The van der Waals surface area contributed by atoms with E-state index in [4.69, 9.17) is 0 Å². The second-order valence-electron chi connectivity index (χ2n) is 3.80. The maximum atomic E-state index is 11.9. The number of thioether (sulfide) groups is 1. The van der Waals surface area contributed by atoms with Crippen LogP contribution in [0.15, 0.2) is 29.2 Å². The number of nitrogens with one attached hydrogen (secondary N) is 1. The molecular weight excluding hydrogens is 286 g/mol. The first-order valence-corrected chi connectivity index (χ1v) is 8.56. The number of rotatable bonds is 7. The smallest absolute Gasteiger partial charge is 0.305 e. The Labute approximate surface area is 117 Å². The van der Waals surface area contributed by atoms with Crippen molar-refractivity contribution in [1.82, 2.24) is 0 Å². The molecule has 0 saturated heterocycles. The number of methoxy groups -OCH3 is 1. The fourth-order valence-corrected chi connectivity index (χ4v) is 3.21. The molecule has 0 aromatic heterocycles. The second kappa shape index (κ2) is 7.40. The molecule has 0 amide bonds. The van der Waals surface area contributed by atoms with Crippen LogP contribution < -0.4 is 4.72 Å². The minimum Gasteiger partial charge on any atom is -0.469 e. The normalized spacial score (nSPS) is 11.1. The molecule has 1 aromatic carbocycles. The molecule has 5 nitrogen and oxygen atoms in total. The van der Waals surface area contributed by atoms with Crippen molar-refractivity contribution < 1.29 is 17.9 Å². The van der Waals surface area contributed by atoms with Gasteiger partial charge in [0.15, 0.2) is 0 Å². The van der Waals surface area contributed by atoms with E-state index in [0.717, 1.165) is 4.90 Å². The molecule has 0 saturated carbocycles. The number of para-hydroxylation sites is 1. The molecule has 0 aliphatic rings. The summed E-state index contributed by atoms with van der Waals surface area (Å²) < 4.78 is 30.7. The first-order chi connectivity index (χ1) is 8.98. The lowest BCUT2D eigenvalue weighted by atomic mass is 10.3. The summed E-state index contributed by atoms with van der Waals surface area (Å²) in [4.78, 5) is 11.8. The van der Waals surface area contributed by atoms with Gasteiger partial charge >= 0.3 is 5.97 Å². The monoisotopic (exact) mass is 303 g/mol. The summed E-state index contributed by atoms with van der Waals surface area (Å²) in [6.45, 7) is 0. The van der Waals surface area contributed by atoms with Gasteiger partial charge in [-0.15, -0.1) is 11.8 Å². The Morgan fingerprint density at radius 3 is 2.68 bits per heavy atom. The zero-order valence-electron chi connectivity index (χ0n) is 10.9. The molecular formula is C12H17NO4S2. The summed E-state index contributed by atoms with van der Waals surface area (Å²) in [6.07, 6.45) is 2.22. The standard InChI is InChI=1S/C12H17NO4S2/c1-17-12(14)8-5-9-19(15,16)13-10-6-3-4-7-11(10)18-2/h3-4,6-7,13H,5,8-9H2,1-2H3. The van der Waals surface area contributed by atoms with E-state index in [0.29, 0.717) is 5.69 Å². The number of ether oxygens (including phenoxy) is 1. The van der Waals surface area contributed by atoms with Crippen molar-refractivity contribution in [1.29, 1.82) is 0 Å². The molecule has 0 aliphatic heterocycles. The van der Waals surface area contributed by atoms with Gasteiger partial charge in [-0.3, -0.25) is 9.52 Å². The predicted molar refractivity (Wildman–Crippen MR) is 76.9 cm³/mol. The molecule has 7 heteroatoms. The van der Waals surface area contributed by atoms with Gasteiger partial charge in [-0.2, -0.15) is 0 Å². The highest BCUT2D eigenvalue weighted by atomic mass is 32.2. The van der Waals surface area contributed by atoms with Crippen LogP contribution >= 0.6 is 11.8 Å². The number of carbonyl (C=O) groups is 1. The van der Waals surface area contributed by atoms with Crippen LogP contribution in [-0.2, 0) is 19.6 Å². The van der Waals surface area contributed by atoms with Crippen molar-refractivity contribution in [3.05, 3.63) is 24.3 Å². The molecule has 1 N–H and O–H groups in total. The first kappa shape index (κ1) is 15.8. The quantitative estimate of drug-likeness (QED) is 0.617. The Morgan fingerprint density at radius 2 is 2.05 bits per heavy atom. The maximum Gasteiger partial charge on any atom is 0.305 e. The number of anilines is 1. The molecule has 0 fully saturated rings. The lowest BCUT2D eigenvalue weighted by Gasteiger charge is -2.10. The topological polar surface area (TPSA) is 72.5 Å². The molecule has 0 radical (unpaired) electrons. The number of hydrogen-bond donors (Lipinski definition) is 1. The highest BCUT2D eigenvalue weighted by Gasteiger charge is 2.13. The summed E-state index contributed by atoms with van der Waals surface area (Å²) in [5.41, 5.74) is 0.563. The number of sulfonamides is 1. The van der Waals surface area contributed by atoms with E-state index in [1.807, 2.05) is 18.4 Å². The molecule has 0 heterocycles. The van der Waals surface area contributed by atoms with Crippen LogP contribution in [-0.4, -0.2) is 33.5 Å². The highest BCUT2D eigenvalue weighted by Crippen LogP contribution is 2.25. The number of carbonyl (C=O) groups excluding carboxylic acids is 1. The molecule has 106 valence electrons. The van der Waals surface area contributed by atoms with Gasteiger partial charge in [-0.1, -0.05) is 12.1 Å². The Bertz CT molecular complexity index is 528. The van der Waals surface area contributed by atoms with Crippen LogP contribution in [0.1, 0.15) is 12.8 Å². The molecule has 0 atom stereocenters. The SMILES string of the molecule is COC(=O)CCCS(=O)(=O)Nc1ccccc1SC. The summed E-state index contributed by atoms with van der Waals surface area (Å²) in [5, 5.41) is 0. The molecule has 0 unspecified atom stereocenters. The average molecular weight is 303 g/mol. The average Bonchev–Trinajstić information content (AvgIpc) is 2.38. The van der Waals surface area contributed by atoms with Gasteiger partial charge in [0.1, 0.15) is 0 Å². The van der Waals surface area contributed by atoms with Crippen LogP contribution in [0.2, 0.25) is 0 Å². The largest absolute Gasteiger partial charge is 0.469 e. The van der Waals surface area contributed by atoms with E-state index < -0.39 is 16.0 Å². The summed E-state index contributed by atoms with van der Waals surface area (Å²) in [6, 6.07) is 7.17. The summed E-state index contributed by atoms with van der Waals surface area (Å²) >= 11 is 1.47. The van der Waals surface area contributed by atoms with Gasteiger partial charge < -0.3 is 4.74 Å². The molecule has 0 aliphatic carbocycles. The van der Waals surface area contributed by atoms with Crippen molar-refractivity contribution >= 4 is 33.4 Å².